The molecule has 0 atom stereocenters. The zero-order valence-corrected chi connectivity index (χ0v) is 12.0. The zero-order chi connectivity index (χ0) is 14.1. The van der Waals surface area contributed by atoms with Crippen molar-refractivity contribution in [1.29, 1.82) is 0 Å². The molecule has 0 amide bonds. The molecule has 2 aromatic heterocycles. The lowest BCUT2D eigenvalue weighted by Gasteiger charge is -2.04. The molecule has 0 saturated carbocycles. The van der Waals surface area contributed by atoms with Crippen molar-refractivity contribution in [3.05, 3.63) is 43.0 Å². The smallest absolute Gasteiger partial charge is 0.329 e. The van der Waals surface area contributed by atoms with Crippen LogP contribution in [0.3, 0.4) is 0 Å². The molecule has 1 aliphatic rings. The van der Waals surface area contributed by atoms with Crippen molar-refractivity contribution in [2.75, 3.05) is 5.32 Å². The third kappa shape index (κ3) is 2.59. The summed E-state index contributed by atoms with van der Waals surface area (Å²) in [7, 11) is 0. The molecule has 0 radical (unpaired) electrons. The van der Waals surface area contributed by atoms with Crippen molar-refractivity contribution in [3.8, 4) is 0 Å². The Morgan fingerprint density at radius 3 is 3.10 bits per heavy atom. The number of hydrogen-bond donors (Lipinski definition) is 1. The number of aryl methyl sites for hydroxylation is 2. The summed E-state index contributed by atoms with van der Waals surface area (Å²) < 4.78 is 0. The number of nitrogens with one attached hydrogen (secondary N) is 1. The number of nitrogens with zero attached hydrogens (tertiary/aromatic N) is 3. The minimum Gasteiger partial charge on any atom is -0.359 e. The van der Waals surface area contributed by atoms with Gasteiger partial charge in [0.25, 0.3) is 0 Å². The number of rotatable bonds is 4. The van der Waals surface area contributed by atoms with Crippen LogP contribution in [-0.4, -0.2) is 14.9 Å². The van der Waals surface area contributed by atoms with Gasteiger partial charge in [0.2, 0.25) is 11.1 Å². The topological polar surface area (TPSA) is 81.0 Å². The van der Waals surface area contributed by atoms with Gasteiger partial charge in [0.05, 0.1) is 11.5 Å². The van der Waals surface area contributed by atoms with Crippen molar-refractivity contribution >= 4 is 34.4 Å². The van der Waals surface area contributed by atoms with Crippen molar-refractivity contribution in [2.24, 2.45) is 0 Å². The maximum absolute atomic E-state index is 10.9. The molecule has 0 saturated heterocycles. The van der Waals surface area contributed by atoms with E-state index in [1.807, 2.05) is 0 Å². The Morgan fingerprint density at radius 2 is 2.35 bits per heavy atom. The first-order chi connectivity index (χ1) is 9.63. The van der Waals surface area contributed by atoms with E-state index < -0.39 is 4.92 Å². The van der Waals surface area contributed by atoms with Crippen LogP contribution >= 0.6 is 22.9 Å². The van der Waals surface area contributed by atoms with E-state index in [0.29, 0.717) is 6.54 Å². The zero-order valence-electron chi connectivity index (χ0n) is 10.4. The fraction of sp³-hybridized carbons (Fsp3) is 0.333. The first-order valence-corrected chi connectivity index (χ1v) is 7.34. The molecule has 0 spiro atoms. The lowest BCUT2D eigenvalue weighted by atomic mass is 10.2. The lowest BCUT2D eigenvalue weighted by Crippen LogP contribution is -2.04. The Bertz CT molecular complexity index is 652. The minimum absolute atomic E-state index is 0.00762. The van der Waals surface area contributed by atoms with Gasteiger partial charge in [-0.1, -0.05) is 0 Å². The van der Waals surface area contributed by atoms with E-state index in [1.54, 1.807) is 11.3 Å². The van der Waals surface area contributed by atoms with Crippen LogP contribution in [0.2, 0.25) is 5.28 Å². The fourth-order valence-electron chi connectivity index (χ4n) is 2.27. The molecule has 1 N–H and O–H groups in total. The highest BCUT2D eigenvalue weighted by Gasteiger charge is 2.18. The summed E-state index contributed by atoms with van der Waals surface area (Å²) in [5, 5.41) is 13.9. The number of anilines is 1. The molecule has 2 aromatic rings. The number of halogens is 1. The first kappa shape index (κ1) is 13.3. The van der Waals surface area contributed by atoms with Crippen LogP contribution in [-0.2, 0) is 19.4 Å². The van der Waals surface area contributed by atoms with Crippen LogP contribution in [0.25, 0.3) is 0 Å². The monoisotopic (exact) mass is 310 g/mol. The van der Waals surface area contributed by atoms with Gasteiger partial charge < -0.3 is 5.32 Å². The van der Waals surface area contributed by atoms with Gasteiger partial charge in [-0.2, -0.15) is 4.98 Å². The number of thiophene rings is 1. The third-order valence-corrected chi connectivity index (χ3v) is 4.58. The van der Waals surface area contributed by atoms with Crippen LogP contribution < -0.4 is 5.32 Å². The van der Waals surface area contributed by atoms with E-state index in [1.165, 1.54) is 16.9 Å². The highest BCUT2D eigenvalue weighted by atomic mass is 35.5. The summed E-state index contributed by atoms with van der Waals surface area (Å²) >= 11 is 7.43. The van der Waals surface area contributed by atoms with E-state index in [4.69, 9.17) is 11.6 Å². The van der Waals surface area contributed by atoms with Crippen LogP contribution in [0.5, 0.6) is 0 Å². The standard InChI is InChI=1S/C12H11ClN4O2S/c13-12-15-6-9(17(18)19)11(16-12)14-5-8-4-7-2-1-3-10(7)20-8/h4,6H,1-3,5H2,(H,14,15,16). The van der Waals surface area contributed by atoms with Gasteiger partial charge >= 0.3 is 5.69 Å². The molecule has 3 rings (SSSR count). The molecular formula is C12H11ClN4O2S. The minimum atomic E-state index is -0.521. The maximum Gasteiger partial charge on any atom is 0.329 e. The normalized spacial score (nSPS) is 13.2. The van der Waals surface area contributed by atoms with Gasteiger partial charge in [-0.25, -0.2) is 4.98 Å². The number of aromatic nitrogens is 2. The van der Waals surface area contributed by atoms with E-state index in [2.05, 4.69) is 21.4 Å². The summed E-state index contributed by atoms with van der Waals surface area (Å²) in [6, 6.07) is 2.16. The largest absolute Gasteiger partial charge is 0.359 e. The van der Waals surface area contributed by atoms with Crippen LogP contribution in [0, 0.1) is 10.1 Å². The summed E-state index contributed by atoms with van der Waals surface area (Å²) in [5.74, 6) is 0.156. The molecular weight excluding hydrogens is 300 g/mol. The Kier molecular flexibility index (Phi) is 3.54. The van der Waals surface area contributed by atoms with Crippen LogP contribution in [0.4, 0.5) is 11.5 Å². The first-order valence-electron chi connectivity index (χ1n) is 6.15. The van der Waals surface area contributed by atoms with E-state index in [9.17, 15) is 10.1 Å². The number of fused-ring (bicyclic) bond motifs is 1. The summed E-state index contributed by atoms with van der Waals surface area (Å²) in [6.07, 6.45) is 4.61. The molecule has 0 unspecified atom stereocenters. The molecule has 2 heterocycles. The average Bonchev–Trinajstić information content (AvgIpc) is 2.96. The molecule has 20 heavy (non-hydrogen) atoms. The van der Waals surface area contributed by atoms with Gasteiger partial charge in [-0.15, -0.1) is 11.3 Å². The average molecular weight is 311 g/mol. The van der Waals surface area contributed by atoms with E-state index >= 15 is 0 Å². The van der Waals surface area contributed by atoms with Crippen molar-refractivity contribution < 1.29 is 4.92 Å². The maximum atomic E-state index is 10.9. The van der Waals surface area contributed by atoms with Crippen molar-refractivity contribution in [3.63, 3.8) is 0 Å². The molecule has 6 nitrogen and oxygen atoms in total. The summed E-state index contributed by atoms with van der Waals surface area (Å²) in [5.41, 5.74) is 1.24. The molecule has 0 fully saturated rings. The Morgan fingerprint density at radius 1 is 1.50 bits per heavy atom. The van der Waals surface area contributed by atoms with Crippen molar-refractivity contribution in [1.82, 2.24) is 9.97 Å². The number of hydrogen-bond acceptors (Lipinski definition) is 6. The van der Waals surface area contributed by atoms with Gasteiger partial charge in [0.15, 0.2) is 0 Å². The summed E-state index contributed by atoms with van der Waals surface area (Å²) in [6.45, 7) is 0.506. The van der Waals surface area contributed by atoms with Gasteiger partial charge in [-0.3, -0.25) is 10.1 Å². The molecule has 104 valence electrons. The molecule has 0 aromatic carbocycles. The molecule has 8 heteroatoms. The highest BCUT2D eigenvalue weighted by Crippen LogP contribution is 2.31. The van der Waals surface area contributed by atoms with Crippen LogP contribution in [0.15, 0.2) is 12.3 Å². The highest BCUT2D eigenvalue weighted by molar-refractivity contribution is 7.12. The predicted molar refractivity (Wildman–Crippen MR) is 77.4 cm³/mol. The molecule has 0 bridgehead atoms. The second kappa shape index (κ2) is 5.34. The molecule has 0 aliphatic heterocycles. The van der Waals surface area contributed by atoms with Crippen molar-refractivity contribution in [2.45, 2.75) is 25.8 Å². The summed E-state index contributed by atoms with van der Waals surface area (Å²) in [4.78, 5) is 20.5. The number of nitro groups is 1. The SMILES string of the molecule is O=[N+]([O-])c1cnc(Cl)nc1NCc1cc2c(s1)CCC2. The Labute approximate surface area is 124 Å². The second-order valence-electron chi connectivity index (χ2n) is 4.50. The predicted octanol–water partition coefficient (Wildman–Crippen LogP) is 3.20. The Hall–Kier alpha value is -1.73. The lowest BCUT2D eigenvalue weighted by molar-refractivity contribution is -0.384. The fourth-order valence-corrected chi connectivity index (χ4v) is 3.60. The van der Waals surface area contributed by atoms with Gasteiger partial charge in [-0.05, 0) is 42.5 Å². The second-order valence-corrected chi connectivity index (χ2v) is 6.06. The van der Waals surface area contributed by atoms with Crippen LogP contribution in [0.1, 0.15) is 21.7 Å². The van der Waals surface area contributed by atoms with E-state index in [0.717, 1.165) is 23.9 Å². The quantitative estimate of drug-likeness (QED) is 0.533. The van der Waals surface area contributed by atoms with Gasteiger partial charge in [0.1, 0.15) is 6.20 Å². The van der Waals surface area contributed by atoms with E-state index in [-0.39, 0.29) is 16.8 Å². The Balaban J connectivity index is 1.77. The molecule has 1 aliphatic carbocycles. The third-order valence-electron chi connectivity index (χ3n) is 3.16. The van der Waals surface area contributed by atoms with Gasteiger partial charge in [0, 0.05) is 9.75 Å².